The Morgan fingerprint density at radius 2 is 1.80 bits per heavy atom. The van der Waals surface area contributed by atoms with Crippen LogP contribution in [0.3, 0.4) is 0 Å². The van der Waals surface area contributed by atoms with E-state index in [0.717, 1.165) is 37.2 Å². The number of nitrogens with zero attached hydrogens (tertiary/aromatic N) is 1. The van der Waals surface area contributed by atoms with Crippen LogP contribution in [0.4, 0.5) is 11.4 Å². The van der Waals surface area contributed by atoms with Gasteiger partial charge in [0.25, 0.3) is 5.91 Å². The Morgan fingerprint density at radius 1 is 1.09 bits per heavy atom. The number of piperidine rings is 1. The van der Waals surface area contributed by atoms with Crippen molar-refractivity contribution in [3.05, 3.63) is 53.6 Å². The summed E-state index contributed by atoms with van der Waals surface area (Å²) >= 11 is 0. The van der Waals surface area contributed by atoms with Crippen LogP contribution in [0.2, 0.25) is 0 Å². The molecule has 186 valence electrons. The van der Waals surface area contributed by atoms with Crippen LogP contribution in [-0.4, -0.2) is 44.7 Å². The van der Waals surface area contributed by atoms with Crippen LogP contribution in [0.1, 0.15) is 62.4 Å². The van der Waals surface area contributed by atoms with E-state index in [1.807, 2.05) is 6.07 Å². The molecule has 1 aliphatic carbocycles. The largest absolute Gasteiger partial charge is 0.384 e. The van der Waals surface area contributed by atoms with E-state index in [1.54, 1.807) is 45.0 Å². The lowest BCUT2D eigenvalue weighted by Gasteiger charge is -2.35. The van der Waals surface area contributed by atoms with Crippen molar-refractivity contribution in [2.24, 2.45) is 5.41 Å². The highest BCUT2D eigenvalue weighted by Gasteiger charge is 2.44. The summed E-state index contributed by atoms with van der Waals surface area (Å²) in [5.74, 6) is 5.28. The molecule has 35 heavy (non-hydrogen) atoms. The highest BCUT2D eigenvalue weighted by atomic mass is 32.2. The van der Waals surface area contributed by atoms with Gasteiger partial charge in [0.05, 0.1) is 16.1 Å². The molecule has 1 heterocycles. The third-order valence-corrected chi connectivity index (χ3v) is 8.27. The quantitative estimate of drug-likeness (QED) is 0.549. The Bertz CT molecular complexity index is 1270. The van der Waals surface area contributed by atoms with Gasteiger partial charge < -0.3 is 15.3 Å². The van der Waals surface area contributed by atoms with E-state index < -0.39 is 15.6 Å². The van der Waals surface area contributed by atoms with Gasteiger partial charge >= 0.3 is 0 Å². The second-order valence-electron chi connectivity index (χ2n) is 10.5. The van der Waals surface area contributed by atoms with Crippen LogP contribution in [0.15, 0.2) is 47.4 Å². The summed E-state index contributed by atoms with van der Waals surface area (Å²) in [6.45, 7) is 6.85. The smallest absolute Gasteiger partial charge is 0.257 e. The van der Waals surface area contributed by atoms with Crippen molar-refractivity contribution >= 4 is 27.3 Å². The molecule has 1 saturated heterocycles. The minimum absolute atomic E-state index is 0.0887. The zero-order valence-corrected chi connectivity index (χ0v) is 21.3. The zero-order chi connectivity index (χ0) is 25.3. The maximum absolute atomic E-state index is 13.4. The van der Waals surface area contributed by atoms with Crippen molar-refractivity contribution in [1.29, 1.82) is 0 Å². The number of carbonyl (C=O) groups is 1. The summed E-state index contributed by atoms with van der Waals surface area (Å²) < 4.78 is 28.1. The number of rotatable bonds is 5. The van der Waals surface area contributed by atoms with Gasteiger partial charge in [0.1, 0.15) is 6.61 Å². The lowest BCUT2D eigenvalue weighted by atomic mass is 9.92. The minimum Gasteiger partial charge on any atom is -0.384 e. The van der Waals surface area contributed by atoms with E-state index in [0.29, 0.717) is 16.7 Å². The SMILES string of the molecule is CC(C)(C)NS(=O)(=O)c1cccc(NC(=O)c2ccc(C#CCO)cc2N2CCC3(CC2)CC3)c1. The first-order valence-corrected chi connectivity index (χ1v) is 13.4. The van der Waals surface area contributed by atoms with E-state index >= 15 is 0 Å². The van der Waals surface area contributed by atoms with E-state index in [4.69, 9.17) is 5.11 Å². The fourth-order valence-corrected chi connectivity index (χ4v) is 5.97. The molecule has 0 unspecified atom stereocenters. The molecule has 2 fully saturated rings. The van der Waals surface area contributed by atoms with Gasteiger partial charge in [-0.25, -0.2) is 13.1 Å². The number of hydrogen-bond donors (Lipinski definition) is 3. The fraction of sp³-hybridized carbons (Fsp3) is 0.444. The standard InChI is InChI=1S/C27H33N3O4S/c1-26(2,3)29-35(33,34)22-8-4-7-21(19-22)28-25(32)23-10-9-20(6-5-17-31)18-24(23)30-15-13-27(11-12-27)14-16-30/h4,7-10,18-19,29,31H,11-17H2,1-3H3,(H,28,32). The second kappa shape index (κ2) is 9.65. The van der Waals surface area contributed by atoms with Gasteiger partial charge in [-0.2, -0.15) is 0 Å². The molecule has 1 aliphatic heterocycles. The summed E-state index contributed by atoms with van der Waals surface area (Å²) in [6, 6.07) is 11.7. The second-order valence-corrected chi connectivity index (χ2v) is 12.2. The molecule has 0 aromatic heterocycles. The molecule has 1 saturated carbocycles. The Labute approximate surface area is 208 Å². The number of nitrogens with one attached hydrogen (secondary N) is 2. The molecule has 1 spiro atoms. The molecule has 8 heteroatoms. The summed E-state index contributed by atoms with van der Waals surface area (Å²) in [6.07, 6.45) is 4.81. The van der Waals surface area contributed by atoms with Gasteiger partial charge in [-0.05, 0) is 88.3 Å². The predicted octanol–water partition coefficient (Wildman–Crippen LogP) is 3.74. The van der Waals surface area contributed by atoms with Crippen LogP contribution in [0, 0.1) is 17.3 Å². The highest BCUT2D eigenvalue weighted by molar-refractivity contribution is 7.89. The molecule has 3 N–H and O–H groups in total. The van der Waals surface area contributed by atoms with Crippen molar-refractivity contribution in [3.8, 4) is 11.8 Å². The average Bonchev–Trinajstić information content (AvgIpc) is 3.55. The number of benzene rings is 2. The van der Waals surface area contributed by atoms with Crippen molar-refractivity contribution in [3.63, 3.8) is 0 Å². The number of hydrogen-bond acceptors (Lipinski definition) is 5. The Hall–Kier alpha value is -2.86. The van der Waals surface area contributed by atoms with Crippen LogP contribution in [-0.2, 0) is 10.0 Å². The number of amides is 1. The van der Waals surface area contributed by atoms with E-state index in [2.05, 4.69) is 26.8 Å². The highest BCUT2D eigenvalue weighted by Crippen LogP contribution is 2.54. The zero-order valence-electron chi connectivity index (χ0n) is 20.5. The number of anilines is 2. The van der Waals surface area contributed by atoms with Gasteiger partial charge in [-0.3, -0.25) is 4.79 Å². The summed E-state index contributed by atoms with van der Waals surface area (Å²) in [7, 11) is -3.73. The first-order valence-electron chi connectivity index (χ1n) is 11.9. The summed E-state index contributed by atoms with van der Waals surface area (Å²) in [5.41, 5.74) is 2.32. The van der Waals surface area contributed by atoms with E-state index in [9.17, 15) is 13.2 Å². The molecule has 0 radical (unpaired) electrons. The van der Waals surface area contributed by atoms with Crippen LogP contribution in [0.5, 0.6) is 0 Å². The number of aliphatic hydroxyl groups excluding tert-OH is 1. The molecule has 7 nitrogen and oxygen atoms in total. The van der Waals surface area contributed by atoms with Gasteiger partial charge in [-0.15, -0.1) is 0 Å². The van der Waals surface area contributed by atoms with Crippen molar-refractivity contribution in [2.45, 2.75) is 56.9 Å². The topological polar surface area (TPSA) is 98.7 Å². The molecule has 4 rings (SSSR count). The fourth-order valence-electron chi connectivity index (χ4n) is 4.50. The minimum atomic E-state index is -3.73. The molecule has 2 aromatic rings. The van der Waals surface area contributed by atoms with Crippen molar-refractivity contribution in [2.75, 3.05) is 29.9 Å². The first-order chi connectivity index (χ1) is 16.5. The molecule has 0 atom stereocenters. The first kappa shape index (κ1) is 25.2. The van der Waals surface area contributed by atoms with Crippen molar-refractivity contribution < 1.29 is 18.3 Å². The Balaban J connectivity index is 1.59. The maximum Gasteiger partial charge on any atom is 0.257 e. The Morgan fingerprint density at radius 3 is 2.43 bits per heavy atom. The van der Waals surface area contributed by atoms with Crippen LogP contribution < -0.4 is 14.9 Å². The normalized spacial score (nSPS) is 17.0. The summed E-state index contributed by atoms with van der Waals surface area (Å²) in [4.78, 5) is 15.7. The van der Waals surface area contributed by atoms with Crippen molar-refractivity contribution in [1.82, 2.24) is 4.72 Å². The number of aliphatic hydroxyl groups is 1. The number of carbonyl (C=O) groups excluding carboxylic acids is 1. The third kappa shape index (κ3) is 6.23. The number of sulfonamides is 1. The monoisotopic (exact) mass is 495 g/mol. The Kier molecular flexibility index (Phi) is 6.96. The lowest BCUT2D eigenvalue weighted by Crippen LogP contribution is -2.40. The van der Waals surface area contributed by atoms with Crippen LogP contribution >= 0.6 is 0 Å². The van der Waals surface area contributed by atoms with Gasteiger partial charge in [0, 0.05) is 29.9 Å². The summed E-state index contributed by atoms with van der Waals surface area (Å²) in [5, 5.41) is 11.9. The molecule has 1 amide bonds. The van der Waals surface area contributed by atoms with E-state index in [1.165, 1.54) is 25.0 Å². The lowest BCUT2D eigenvalue weighted by molar-refractivity contribution is 0.102. The molecule has 2 aliphatic rings. The molecule has 2 aromatic carbocycles. The third-order valence-electron chi connectivity index (χ3n) is 6.52. The van der Waals surface area contributed by atoms with Gasteiger partial charge in [-0.1, -0.05) is 17.9 Å². The average molecular weight is 496 g/mol. The van der Waals surface area contributed by atoms with Gasteiger partial charge in [0.15, 0.2) is 0 Å². The van der Waals surface area contributed by atoms with Crippen LogP contribution in [0.25, 0.3) is 0 Å². The molecule has 0 bridgehead atoms. The molecular weight excluding hydrogens is 462 g/mol. The van der Waals surface area contributed by atoms with Gasteiger partial charge in [0.2, 0.25) is 10.0 Å². The molecular formula is C27H33N3O4S. The maximum atomic E-state index is 13.4. The predicted molar refractivity (Wildman–Crippen MR) is 138 cm³/mol. The van der Waals surface area contributed by atoms with E-state index in [-0.39, 0.29) is 17.4 Å².